The van der Waals surface area contributed by atoms with Gasteiger partial charge in [-0.1, -0.05) is 18.2 Å². The van der Waals surface area contributed by atoms with Crippen LogP contribution in [0, 0.1) is 5.92 Å². The van der Waals surface area contributed by atoms with Gasteiger partial charge in [0.2, 0.25) is 21.7 Å². The number of benzene rings is 2. The van der Waals surface area contributed by atoms with Crippen molar-refractivity contribution in [3.05, 3.63) is 48.0 Å². The van der Waals surface area contributed by atoms with Crippen molar-refractivity contribution in [1.29, 1.82) is 0 Å². The Morgan fingerprint density at radius 2 is 1.74 bits per heavy atom. The minimum absolute atomic E-state index is 0.159. The summed E-state index contributed by atoms with van der Waals surface area (Å²) in [7, 11) is 0.963. The van der Waals surface area contributed by atoms with Gasteiger partial charge in [-0.3, -0.25) is 4.79 Å². The number of methoxy groups -OCH3 is 3. The normalized spacial score (nSPS) is 17.1. The van der Waals surface area contributed by atoms with Crippen molar-refractivity contribution >= 4 is 15.9 Å². The van der Waals surface area contributed by atoms with E-state index in [1.807, 2.05) is 0 Å². The Morgan fingerprint density at radius 1 is 1.03 bits per heavy atom. The summed E-state index contributed by atoms with van der Waals surface area (Å²) in [5, 5.41) is 2.91. The van der Waals surface area contributed by atoms with Crippen LogP contribution in [-0.2, 0) is 21.4 Å². The highest BCUT2D eigenvalue weighted by molar-refractivity contribution is 7.89. The van der Waals surface area contributed by atoms with E-state index < -0.39 is 15.9 Å². The first-order valence-corrected chi connectivity index (χ1v) is 11.5. The molecule has 0 bridgehead atoms. The van der Waals surface area contributed by atoms with Crippen LogP contribution in [-0.4, -0.2) is 53.0 Å². The molecule has 0 aromatic heterocycles. The molecule has 2 aromatic rings. The molecule has 2 aromatic carbocycles. The van der Waals surface area contributed by atoms with Gasteiger partial charge >= 0.3 is 0 Å². The number of carbonyl (C=O) groups excluding carboxylic acids is 1. The summed E-state index contributed by atoms with van der Waals surface area (Å²) in [6.07, 6.45) is 1.26. The van der Waals surface area contributed by atoms with Crippen molar-refractivity contribution in [1.82, 2.24) is 9.62 Å². The summed E-state index contributed by atoms with van der Waals surface area (Å²) in [6, 6.07) is 11.8. The molecule has 1 aliphatic heterocycles. The fourth-order valence-electron chi connectivity index (χ4n) is 3.75. The Morgan fingerprint density at radius 3 is 2.39 bits per heavy atom. The van der Waals surface area contributed by atoms with Crippen molar-refractivity contribution in [2.75, 3.05) is 34.4 Å². The second-order valence-electron chi connectivity index (χ2n) is 7.23. The van der Waals surface area contributed by atoms with Crippen LogP contribution >= 0.6 is 0 Å². The SMILES string of the molecule is COc1ccc(CNC(=O)[C@H]2CCCN(S(=O)(=O)c3ccccc3)C2)c(OC)c1OC. The van der Waals surface area contributed by atoms with Gasteiger partial charge in [0, 0.05) is 25.2 Å². The zero-order valence-corrected chi connectivity index (χ0v) is 18.8. The summed E-state index contributed by atoms with van der Waals surface area (Å²) in [5.41, 5.74) is 0.734. The van der Waals surface area contributed by atoms with E-state index in [-0.39, 0.29) is 23.9 Å². The molecule has 1 fully saturated rings. The van der Waals surface area contributed by atoms with Crippen LogP contribution in [0.4, 0.5) is 0 Å². The maximum absolute atomic E-state index is 12.9. The third-order valence-corrected chi connectivity index (χ3v) is 7.25. The molecule has 1 aliphatic rings. The Hall–Kier alpha value is -2.78. The monoisotopic (exact) mass is 448 g/mol. The number of amides is 1. The Balaban J connectivity index is 1.69. The van der Waals surface area contributed by atoms with E-state index in [4.69, 9.17) is 14.2 Å². The molecular formula is C22H28N2O6S. The number of hydrogen-bond donors (Lipinski definition) is 1. The Kier molecular flexibility index (Phi) is 7.40. The first-order valence-electron chi connectivity index (χ1n) is 10.0. The average Bonchev–Trinajstić information content (AvgIpc) is 2.82. The van der Waals surface area contributed by atoms with E-state index in [0.717, 1.165) is 5.56 Å². The predicted octanol–water partition coefficient (Wildman–Crippen LogP) is 2.43. The molecule has 0 saturated carbocycles. The van der Waals surface area contributed by atoms with E-state index in [2.05, 4.69) is 5.32 Å². The summed E-state index contributed by atoms with van der Waals surface area (Å²) in [6.45, 7) is 0.793. The highest BCUT2D eigenvalue weighted by atomic mass is 32.2. The lowest BCUT2D eigenvalue weighted by molar-refractivity contribution is -0.126. The van der Waals surface area contributed by atoms with Crippen LogP contribution in [0.15, 0.2) is 47.4 Å². The zero-order chi connectivity index (χ0) is 22.4. The second-order valence-corrected chi connectivity index (χ2v) is 9.16. The topological polar surface area (TPSA) is 94.2 Å². The Labute approximate surface area is 183 Å². The number of piperidine rings is 1. The van der Waals surface area contributed by atoms with Crippen molar-refractivity contribution in [3.63, 3.8) is 0 Å². The molecule has 1 atom stereocenters. The fourth-order valence-corrected chi connectivity index (χ4v) is 5.29. The maximum Gasteiger partial charge on any atom is 0.243 e. The lowest BCUT2D eigenvalue weighted by Gasteiger charge is -2.31. The molecule has 3 rings (SSSR count). The van der Waals surface area contributed by atoms with Crippen LogP contribution in [0.25, 0.3) is 0 Å². The van der Waals surface area contributed by atoms with Crippen molar-refractivity contribution in [2.24, 2.45) is 5.92 Å². The van der Waals surface area contributed by atoms with Crippen LogP contribution in [0.5, 0.6) is 17.2 Å². The second kappa shape index (κ2) is 10.0. The van der Waals surface area contributed by atoms with E-state index >= 15 is 0 Å². The van der Waals surface area contributed by atoms with Gasteiger partial charge < -0.3 is 19.5 Å². The number of nitrogens with zero attached hydrogens (tertiary/aromatic N) is 1. The predicted molar refractivity (Wildman–Crippen MR) is 116 cm³/mol. The van der Waals surface area contributed by atoms with Gasteiger partial charge in [-0.05, 0) is 37.1 Å². The minimum atomic E-state index is -3.62. The van der Waals surface area contributed by atoms with Crippen molar-refractivity contribution < 1.29 is 27.4 Å². The number of ether oxygens (including phenoxy) is 3. The lowest BCUT2D eigenvalue weighted by atomic mass is 9.98. The van der Waals surface area contributed by atoms with Gasteiger partial charge in [0.15, 0.2) is 11.5 Å². The minimum Gasteiger partial charge on any atom is -0.493 e. The maximum atomic E-state index is 12.9. The number of rotatable bonds is 8. The number of hydrogen-bond acceptors (Lipinski definition) is 6. The first-order chi connectivity index (χ1) is 14.9. The summed E-state index contributed by atoms with van der Waals surface area (Å²) in [4.78, 5) is 13.1. The molecular weight excluding hydrogens is 420 g/mol. The molecule has 1 N–H and O–H groups in total. The standard InChI is InChI=1S/C22H28N2O6S/c1-28-19-12-11-16(20(29-2)21(19)30-3)14-23-22(25)17-8-7-13-24(15-17)31(26,27)18-9-5-4-6-10-18/h4-6,9-12,17H,7-8,13-15H2,1-3H3,(H,23,25)/t17-/m0/s1. The van der Waals surface area contributed by atoms with Crippen LogP contribution in [0.3, 0.4) is 0 Å². The molecule has 0 radical (unpaired) electrons. The summed E-state index contributed by atoms with van der Waals surface area (Å²) >= 11 is 0. The number of nitrogens with one attached hydrogen (secondary N) is 1. The van der Waals surface area contributed by atoms with Crippen LogP contribution < -0.4 is 19.5 Å². The number of carbonyl (C=O) groups is 1. The first kappa shape index (κ1) is 22.9. The molecule has 0 spiro atoms. The molecule has 168 valence electrons. The van der Waals surface area contributed by atoms with E-state index in [0.29, 0.717) is 36.6 Å². The molecule has 31 heavy (non-hydrogen) atoms. The highest BCUT2D eigenvalue weighted by Crippen LogP contribution is 2.39. The van der Waals surface area contributed by atoms with Gasteiger partial charge in [0.05, 0.1) is 32.1 Å². The highest BCUT2D eigenvalue weighted by Gasteiger charge is 2.33. The van der Waals surface area contributed by atoms with Gasteiger partial charge in [0.25, 0.3) is 0 Å². The van der Waals surface area contributed by atoms with Crippen LogP contribution in [0.2, 0.25) is 0 Å². The van der Waals surface area contributed by atoms with Gasteiger partial charge in [-0.25, -0.2) is 8.42 Å². The lowest BCUT2D eigenvalue weighted by Crippen LogP contribution is -2.45. The van der Waals surface area contributed by atoms with Crippen molar-refractivity contribution in [2.45, 2.75) is 24.3 Å². The zero-order valence-electron chi connectivity index (χ0n) is 18.0. The molecule has 8 nitrogen and oxygen atoms in total. The molecule has 9 heteroatoms. The third-order valence-electron chi connectivity index (χ3n) is 5.37. The van der Waals surface area contributed by atoms with E-state index in [9.17, 15) is 13.2 Å². The largest absolute Gasteiger partial charge is 0.493 e. The molecule has 0 aliphatic carbocycles. The third kappa shape index (κ3) is 4.94. The van der Waals surface area contributed by atoms with Gasteiger partial charge in [-0.2, -0.15) is 4.31 Å². The summed E-state index contributed by atoms with van der Waals surface area (Å²) in [5.74, 6) is 0.861. The quantitative estimate of drug-likeness (QED) is 0.667. The average molecular weight is 449 g/mol. The molecule has 1 saturated heterocycles. The number of sulfonamides is 1. The molecule has 0 unspecified atom stereocenters. The van der Waals surface area contributed by atoms with Crippen molar-refractivity contribution in [3.8, 4) is 17.2 Å². The van der Waals surface area contributed by atoms with E-state index in [1.54, 1.807) is 42.5 Å². The smallest absolute Gasteiger partial charge is 0.243 e. The fraction of sp³-hybridized carbons (Fsp3) is 0.409. The van der Waals surface area contributed by atoms with Gasteiger partial charge in [-0.15, -0.1) is 0 Å². The van der Waals surface area contributed by atoms with Gasteiger partial charge in [0.1, 0.15) is 0 Å². The molecule has 1 heterocycles. The molecule has 1 amide bonds. The van der Waals surface area contributed by atoms with E-state index in [1.165, 1.54) is 25.6 Å². The van der Waals surface area contributed by atoms with Crippen LogP contribution in [0.1, 0.15) is 18.4 Å². The summed E-state index contributed by atoms with van der Waals surface area (Å²) < 4.78 is 43.3. The Bertz CT molecular complexity index is 1010.